The van der Waals surface area contributed by atoms with Crippen LogP contribution in [0.4, 0.5) is 0 Å². The predicted octanol–water partition coefficient (Wildman–Crippen LogP) is 3.26. The molecule has 0 aromatic rings. The van der Waals surface area contributed by atoms with Crippen molar-refractivity contribution >= 4 is 5.97 Å². The van der Waals surface area contributed by atoms with Gasteiger partial charge in [0.05, 0.1) is 19.1 Å². The Morgan fingerprint density at radius 1 is 1.06 bits per heavy atom. The van der Waals surface area contributed by atoms with Crippen LogP contribution in [0.15, 0.2) is 0 Å². The van der Waals surface area contributed by atoms with Gasteiger partial charge in [-0.15, -0.1) is 0 Å². The van der Waals surface area contributed by atoms with Gasteiger partial charge in [-0.05, 0) is 12.8 Å². The van der Waals surface area contributed by atoms with Crippen molar-refractivity contribution in [2.24, 2.45) is 5.92 Å². The van der Waals surface area contributed by atoms with Crippen molar-refractivity contribution in [1.29, 1.82) is 0 Å². The molecule has 0 saturated carbocycles. The summed E-state index contributed by atoms with van der Waals surface area (Å²) in [5, 5.41) is 7.99. The molecule has 0 heterocycles. The topological polar surface area (TPSA) is 55.8 Å². The van der Waals surface area contributed by atoms with Gasteiger partial charge in [-0.1, -0.05) is 40.5 Å². The van der Waals surface area contributed by atoms with E-state index in [1.165, 1.54) is 0 Å². The van der Waals surface area contributed by atoms with Gasteiger partial charge in [-0.3, -0.25) is 4.79 Å². The number of aliphatic carboxylic acids is 1. The normalized spacial score (nSPS) is 9.81. The van der Waals surface area contributed by atoms with Crippen LogP contribution in [0.2, 0.25) is 0 Å². The van der Waals surface area contributed by atoms with Crippen molar-refractivity contribution in [3.8, 4) is 0 Å². The average molecular weight is 234 g/mol. The van der Waals surface area contributed by atoms with E-state index in [4.69, 9.17) is 14.9 Å². The molecule has 4 heteroatoms. The first-order valence-electron chi connectivity index (χ1n) is 6.03. The van der Waals surface area contributed by atoms with Crippen molar-refractivity contribution in [3.63, 3.8) is 0 Å². The highest BCUT2D eigenvalue weighted by atomic mass is 17.2. The van der Waals surface area contributed by atoms with Gasteiger partial charge in [0.1, 0.15) is 0 Å². The minimum absolute atomic E-state index is 0.231. The summed E-state index contributed by atoms with van der Waals surface area (Å²) in [6, 6.07) is 0. The van der Waals surface area contributed by atoms with Crippen LogP contribution >= 0.6 is 0 Å². The van der Waals surface area contributed by atoms with Crippen molar-refractivity contribution in [2.45, 2.75) is 53.4 Å². The zero-order valence-electron chi connectivity index (χ0n) is 11.0. The monoisotopic (exact) mass is 234 g/mol. The summed E-state index contributed by atoms with van der Waals surface area (Å²) in [6.07, 6.45) is 4.51. The van der Waals surface area contributed by atoms with Crippen LogP contribution in [-0.4, -0.2) is 24.3 Å². The smallest absolute Gasteiger partial charge is 0.305 e. The standard InChI is InChI=1S/C8H18O2.C4H8O2/c1-3-5-7-9-10-8-6-4-2;1-3(2)4(5)6/h3-8H2,1-2H3;3H,1-2H3,(H,5,6). The average Bonchev–Trinajstić information content (AvgIpc) is 2.24. The molecule has 1 N–H and O–H groups in total. The molecular weight excluding hydrogens is 208 g/mol. The Morgan fingerprint density at radius 3 is 1.56 bits per heavy atom. The molecule has 16 heavy (non-hydrogen) atoms. The van der Waals surface area contributed by atoms with E-state index in [0.717, 1.165) is 38.9 Å². The second kappa shape index (κ2) is 14.4. The molecule has 0 rings (SSSR count). The van der Waals surface area contributed by atoms with Crippen LogP contribution in [-0.2, 0) is 14.6 Å². The van der Waals surface area contributed by atoms with Crippen molar-refractivity contribution in [2.75, 3.05) is 13.2 Å². The molecule has 0 saturated heterocycles. The van der Waals surface area contributed by atoms with Crippen LogP contribution in [0.25, 0.3) is 0 Å². The van der Waals surface area contributed by atoms with Gasteiger partial charge >= 0.3 is 5.97 Å². The van der Waals surface area contributed by atoms with Crippen LogP contribution in [0.3, 0.4) is 0 Å². The summed E-state index contributed by atoms with van der Waals surface area (Å²) >= 11 is 0. The minimum Gasteiger partial charge on any atom is -0.481 e. The zero-order chi connectivity index (χ0) is 12.8. The number of carboxylic acid groups (broad SMARTS) is 1. The van der Waals surface area contributed by atoms with Gasteiger partial charge in [-0.2, -0.15) is 0 Å². The fourth-order valence-corrected chi connectivity index (χ4v) is 0.524. The lowest BCUT2D eigenvalue weighted by Crippen LogP contribution is -2.03. The Morgan fingerprint density at radius 2 is 1.38 bits per heavy atom. The molecule has 0 radical (unpaired) electrons. The lowest BCUT2D eigenvalue weighted by Gasteiger charge is -2.00. The van der Waals surface area contributed by atoms with Crippen LogP contribution in [0, 0.1) is 5.92 Å². The van der Waals surface area contributed by atoms with E-state index in [-0.39, 0.29) is 5.92 Å². The highest BCUT2D eigenvalue weighted by Crippen LogP contribution is 1.91. The Labute approximate surface area is 98.9 Å². The Balaban J connectivity index is 0. The number of carboxylic acids is 1. The summed E-state index contributed by atoms with van der Waals surface area (Å²) in [4.78, 5) is 19.5. The SMILES string of the molecule is CC(C)C(=O)O.CCCCOOCCCC. The second-order valence-corrected chi connectivity index (χ2v) is 3.84. The maximum atomic E-state index is 9.70. The number of rotatable bonds is 8. The van der Waals surface area contributed by atoms with Crippen LogP contribution in [0.1, 0.15) is 53.4 Å². The molecule has 0 fully saturated rings. The van der Waals surface area contributed by atoms with E-state index in [9.17, 15) is 4.79 Å². The molecule has 0 spiro atoms. The quantitative estimate of drug-likeness (QED) is 0.398. The van der Waals surface area contributed by atoms with E-state index in [1.807, 2.05) is 0 Å². The minimum atomic E-state index is -0.741. The van der Waals surface area contributed by atoms with E-state index in [0.29, 0.717) is 0 Å². The number of hydrogen-bond acceptors (Lipinski definition) is 3. The van der Waals surface area contributed by atoms with Crippen LogP contribution < -0.4 is 0 Å². The van der Waals surface area contributed by atoms with Crippen molar-refractivity contribution in [3.05, 3.63) is 0 Å². The summed E-state index contributed by atoms with van der Waals surface area (Å²) in [6.45, 7) is 9.02. The first-order valence-corrected chi connectivity index (χ1v) is 6.03. The molecule has 0 atom stereocenters. The first-order chi connectivity index (χ1) is 7.56. The molecule has 4 nitrogen and oxygen atoms in total. The lowest BCUT2D eigenvalue weighted by atomic mass is 10.2. The van der Waals surface area contributed by atoms with E-state index in [2.05, 4.69) is 13.8 Å². The number of hydrogen-bond donors (Lipinski definition) is 1. The fourth-order valence-electron chi connectivity index (χ4n) is 0.524. The van der Waals surface area contributed by atoms with Crippen molar-refractivity contribution in [1.82, 2.24) is 0 Å². The molecule has 0 unspecified atom stereocenters. The highest BCUT2D eigenvalue weighted by molar-refractivity contribution is 5.68. The second-order valence-electron chi connectivity index (χ2n) is 3.84. The Kier molecular flexibility index (Phi) is 16.0. The molecule has 0 aliphatic heterocycles. The molecule has 0 aliphatic rings. The molecule has 0 aromatic heterocycles. The molecule has 0 aliphatic carbocycles. The van der Waals surface area contributed by atoms with Gasteiger partial charge < -0.3 is 5.11 Å². The number of carbonyl (C=O) groups is 1. The maximum absolute atomic E-state index is 9.70. The van der Waals surface area contributed by atoms with Gasteiger partial charge in [0, 0.05) is 0 Å². The maximum Gasteiger partial charge on any atom is 0.305 e. The first kappa shape index (κ1) is 17.8. The molecule has 0 aromatic carbocycles. The van der Waals surface area contributed by atoms with E-state index in [1.54, 1.807) is 13.8 Å². The highest BCUT2D eigenvalue weighted by Gasteiger charge is 1.99. The zero-order valence-corrected chi connectivity index (χ0v) is 11.0. The third-order valence-electron chi connectivity index (χ3n) is 1.74. The summed E-state index contributed by atoms with van der Waals surface area (Å²) in [5.74, 6) is -0.972. The summed E-state index contributed by atoms with van der Waals surface area (Å²) in [5.41, 5.74) is 0. The van der Waals surface area contributed by atoms with Gasteiger partial charge in [-0.25, -0.2) is 9.78 Å². The molecule has 0 bridgehead atoms. The molecular formula is C12H26O4. The molecule has 98 valence electrons. The molecule has 0 amide bonds. The largest absolute Gasteiger partial charge is 0.481 e. The van der Waals surface area contributed by atoms with E-state index < -0.39 is 5.97 Å². The number of unbranched alkanes of at least 4 members (excludes halogenated alkanes) is 2. The van der Waals surface area contributed by atoms with E-state index >= 15 is 0 Å². The summed E-state index contributed by atoms with van der Waals surface area (Å²) < 4.78 is 0. The van der Waals surface area contributed by atoms with Gasteiger partial charge in [0.25, 0.3) is 0 Å². The van der Waals surface area contributed by atoms with Gasteiger partial charge in [0.2, 0.25) is 0 Å². The fraction of sp³-hybridized carbons (Fsp3) is 0.917. The lowest BCUT2D eigenvalue weighted by molar-refractivity contribution is -0.295. The third kappa shape index (κ3) is 19.0. The van der Waals surface area contributed by atoms with Gasteiger partial charge in [0.15, 0.2) is 0 Å². The van der Waals surface area contributed by atoms with Crippen molar-refractivity contribution < 1.29 is 19.7 Å². The summed E-state index contributed by atoms with van der Waals surface area (Å²) in [7, 11) is 0. The third-order valence-corrected chi connectivity index (χ3v) is 1.74. The van der Waals surface area contributed by atoms with Crippen LogP contribution in [0.5, 0.6) is 0 Å². The Bertz CT molecular complexity index is 138. The Hall–Kier alpha value is -0.610. The predicted molar refractivity (Wildman–Crippen MR) is 64.2 cm³/mol.